The maximum atomic E-state index is 12.8. The van der Waals surface area contributed by atoms with Gasteiger partial charge >= 0.3 is 0 Å². The van der Waals surface area contributed by atoms with Crippen LogP contribution in [0.15, 0.2) is 16.2 Å². The van der Waals surface area contributed by atoms with Crippen molar-refractivity contribution in [2.24, 2.45) is 0 Å². The maximum absolute atomic E-state index is 12.8. The van der Waals surface area contributed by atoms with E-state index in [2.05, 4.69) is 23.3 Å². The molecular formula is C16H23N3OS. The summed E-state index contributed by atoms with van der Waals surface area (Å²) in [5.41, 5.74) is 3.53. The molecule has 0 saturated carbocycles. The Morgan fingerprint density at radius 3 is 2.71 bits per heavy atom. The van der Waals surface area contributed by atoms with Gasteiger partial charge in [-0.15, -0.1) is 11.3 Å². The fraction of sp³-hybridized carbons (Fsp3) is 0.500. The summed E-state index contributed by atoms with van der Waals surface area (Å²) in [6.45, 7) is 11.0. The third-order valence-electron chi connectivity index (χ3n) is 3.44. The molecule has 2 heterocycles. The van der Waals surface area contributed by atoms with Gasteiger partial charge in [-0.05, 0) is 45.7 Å². The van der Waals surface area contributed by atoms with Gasteiger partial charge < -0.3 is 9.88 Å². The highest BCUT2D eigenvalue weighted by atomic mass is 32.1. The van der Waals surface area contributed by atoms with E-state index < -0.39 is 0 Å². The molecule has 2 aromatic heterocycles. The average Bonchev–Trinajstić information content (AvgIpc) is 2.83. The molecule has 5 heteroatoms. The van der Waals surface area contributed by atoms with Crippen molar-refractivity contribution in [1.29, 1.82) is 0 Å². The van der Waals surface area contributed by atoms with Crippen molar-refractivity contribution in [3.63, 3.8) is 0 Å². The summed E-state index contributed by atoms with van der Waals surface area (Å²) >= 11 is 1.55. The number of nitrogens with one attached hydrogen (secondary N) is 1. The van der Waals surface area contributed by atoms with Gasteiger partial charge in [0.25, 0.3) is 5.56 Å². The Labute approximate surface area is 129 Å². The van der Waals surface area contributed by atoms with E-state index in [-0.39, 0.29) is 11.6 Å². The number of rotatable bonds is 5. The van der Waals surface area contributed by atoms with Gasteiger partial charge in [-0.25, -0.2) is 4.98 Å². The predicted octanol–water partition coefficient (Wildman–Crippen LogP) is 3.99. The van der Waals surface area contributed by atoms with Crippen LogP contribution in [-0.4, -0.2) is 16.1 Å². The molecule has 0 unspecified atom stereocenters. The fourth-order valence-electron chi connectivity index (χ4n) is 2.56. The summed E-state index contributed by atoms with van der Waals surface area (Å²) in [5, 5.41) is 6.11. The molecule has 0 aliphatic carbocycles. The summed E-state index contributed by atoms with van der Waals surface area (Å²) in [4.78, 5) is 17.3. The van der Waals surface area contributed by atoms with E-state index in [9.17, 15) is 4.79 Å². The maximum Gasteiger partial charge on any atom is 0.260 e. The van der Waals surface area contributed by atoms with Crippen molar-refractivity contribution in [3.8, 4) is 11.3 Å². The minimum atomic E-state index is 0.0508. The topological polar surface area (TPSA) is 46.9 Å². The molecule has 0 atom stereocenters. The number of hydrogen-bond acceptors (Lipinski definition) is 4. The molecule has 0 bridgehead atoms. The first-order valence-corrected chi connectivity index (χ1v) is 8.26. The number of nitrogens with zero attached hydrogens (tertiary/aromatic N) is 2. The number of aromatic nitrogens is 2. The third-order valence-corrected chi connectivity index (χ3v) is 4.24. The molecule has 114 valence electrons. The smallest absolute Gasteiger partial charge is 0.260 e. The number of pyridine rings is 1. The summed E-state index contributed by atoms with van der Waals surface area (Å²) in [7, 11) is 0. The normalized spacial score (nSPS) is 11.1. The lowest BCUT2D eigenvalue weighted by Crippen LogP contribution is -2.26. The standard InChI is InChI=1S/C16H23N3OS/c1-6-7-17-16-18-13(9-21-16)14-11(4)8-12(5)19(10(2)3)15(14)20/h8-10H,6-7H2,1-5H3,(H,17,18). The fourth-order valence-corrected chi connectivity index (χ4v) is 3.29. The van der Waals surface area contributed by atoms with E-state index in [1.54, 1.807) is 11.3 Å². The predicted molar refractivity (Wildman–Crippen MR) is 90.4 cm³/mol. The van der Waals surface area contributed by atoms with E-state index >= 15 is 0 Å². The van der Waals surface area contributed by atoms with Gasteiger partial charge in [0.2, 0.25) is 0 Å². The second-order valence-corrected chi connectivity index (χ2v) is 6.44. The van der Waals surface area contributed by atoms with Crippen LogP contribution in [0, 0.1) is 13.8 Å². The minimum absolute atomic E-state index is 0.0508. The molecule has 21 heavy (non-hydrogen) atoms. The monoisotopic (exact) mass is 305 g/mol. The first-order chi connectivity index (χ1) is 9.95. The summed E-state index contributed by atoms with van der Waals surface area (Å²) < 4.78 is 1.83. The Morgan fingerprint density at radius 1 is 1.38 bits per heavy atom. The SMILES string of the molecule is CCCNc1nc(-c2c(C)cc(C)n(C(C)C)c2=O)cs1. The Kier molecular flexibility index (Phi) is 4.83. The second kappa shape index (κ2) is 6.43. The van der Waals surface area contributed by atoms with Gasteiger partial charge in [0.15, 0.2) is 5.13 Å². The molecule has 0 amide bonds. The number of aryl methyl sites for hydroxylation is 2. The number of thiazole rings is 1. The Balaban J connectivity index is 2.51. The van der Waals surface area contributed by atoms with Crippen molar-refractivity contribution in [2.75, 3.05) is 11.9 Å². The molecule has 2 aromatic rings. The molecule has 0 aliphatic rings. The Bertz CT molecular complexity index is 685. The van der Waals surface area contributed by atoms with Crippen LogP contribution < -0.4 is 10.9 Å². The van der Waals surface area contributed by atoms with Gasteiger partial charge in [-0.1, -0.05) is 6.92 Å². The lowest BCUT2D eigenvalue weighted by Gasteiger charge is -2.16. The van der Waals surface area contributed by atoms with Crippen LogP contribution in [0.2, 0.25) is 0 Å². The third kappa shape index (κ3) is 3.18. The number of anilines is 1. The first kappa shape index (κ1) is 15.8. The van der Waals surface area contributed by atoms with E-state index in [0.717, 1.165) is 40.6 Å². The van der Waals surface area contributed by atoms with Gasteiger partial charge in [0.1, 0.15) is 0 Å². The molecule has 0 fully saturated rings. The minimum Gasteiger partial charge on any atom is -0.362 e. The molecule has 0 spiro atoms. The van der Waals surface area contributed by atoms with Crippen molar-refractivity contribution in [2.45, 2.75) is 47.1 Å². The zero-order valence-electron chi connectivity index (χ0n) is 13.4. The highest BCUT2D eigenvalue weighted by Crippen LogP contribution is 2.26. The molecule has 0 saturated heterocycles. The van der Waals surface area contributed by atoms with Gasteiger partial charge in [0, 0.05) is 23.7 Å². The Morgan fingerprint density at radius 2 is 2.10 bits per heavy atom. The lowest BCUT2D eigenvalue weighted by molar-refractivity contribution is 0.563. The van der Waals surface area contributed by atoms with Gasteiger partial charge in [-0.3, -0.25) is 4.79 Å². The summed E-state index contributed by atoms with van der Waals surface area (Å²) in [6, 6.07) is 2.21. The van der Waals surface area contributed by atoms with E-state index in [0.29, 0.717) is 0 Å². The van der Waals surface area contributed by atoms with E-state index in [1.165, 1.54) is 0 Å². The molecule has 4 nitrogen and oxygen atoms in total. The first-order valence-electron chi connectivity index (χ1n) is 7.38. The van der Waals surface area contributed by atoms with Crippen LogP contribution in [0.25, 0.3) is 11.3 Å². The van der Waals surface area contributed by atoms with Crippen molar-refractivity contribution < 1.29 is 0 Å². The molecular weight excluding hydrogens is 282 g/mol. The van der Waals surface area contributed by atoms with Crippen molar-refractivity contribution >= 4 is 16.5 Å². The van der Waals surface area contributed by atoms with Crippen LogP contribution in [0.5, 0.6) is 0 Å². The lowest BCUT2D eigenvalue weighted by atomic mass is 10.1. The quantitative estimate of drug-likeness (QED) is 0.908. The largest absolute Gasteiger partial charge is 0.362 e. The summed E-state index contributed by atoms with van der Waals surface area (Å²) in [6.07, 6.45) is 1.05. The zero-order chi connectivity index (χ0) is 15.6. The van der Waals surface area contributed by atoms with Crippen LogP contribution >= 0.6 is 11.3 Å². The Hall–Kier alpha value is -1.62. The molecule has 0 aliphatic heterocycles. The van der Waals surface area contributed by atoms with Crippen LogP contribution in [0.4, 0.5) is 5.13 Å². The van der Waals surface area contributed by atoms with Crippen LogP contribution in [0.1, 0.15) is 44.5 Å². The van der Waals surface area contributed by atoms with E-state index in [1.807, 2.05) is 37.6 Å². The average molecular weight is 305 g/mol. The zero-order valence-corrected chi connectivity index (χ0v) is 14.2. The highest BCUT2D eigenvalue weighted by Gasteiger charge is 2.16. The number of hydrogen-bond donors (Lipinski definition) is 1. The molecule has 2 rings (SSSR count). The summed E-state index contributed by atoms with van der Waals surface area (Å²) in [5.74, 6) is 0. The van der Waals surface area contributed by atoms with Crippen molar-refractivity contribution in [1.82, 2.24) is 9.55 Å². The molecule has 1 N–H and O–H groups in total. The van der Waals surface area contributed by atoms with Crippen LogP contribution in [0.3, 0.4) is 0 Å². The molecule has 0 aromatic carbocycles. The van der Waals surface area contributed by atoms with E-state index in [4.69, 9.17) is 0 Å². The molecule has 0 radical (unpaired) electrons. The van der Waals surface area contributed by atoms with Crippen molar-refractivity contribution in [3.05, 3.63) is 33.1 Å². The van der Waals surface area contributed by atoms with Gasteiger partial charge in [0.05, 0.1) is 11.3 Å². The highest BCUT2D eigenvalue weighted by molar-refractivity contribution is 7.14. The van der Waals surface area contributed by atoms with Gasteiger partial charge in [-0.2, -0.15) is 0 Å². The second-order valence-electron chi connectivity index (χ2n) is 5.58. The van der Waals surface area contributed by atoms with Crippen LogP contribution in [-0.2, 0) is 0 Å².